The van der Waals surface area contributed by atoms with Gasteiger partial charge >= 0.3 is 0 Å². The molecule has 0 spiro atoms. The van der Waals surface area contributed by atoms with Crippen LogP contribution in [0.3, 0.4) is 0 Å². The van der Waals surface area contributed by atoms with Gasteiger partial charge < -0.3 is 10.5 Å². The van der Waals surface area contributed by atoms with E-state index in [1.54, 1.807) is 0 Å². The van der Waals surface area contributed by atoms with Crippen LogP contribution in [0.25, 0.3) is 11.3 Å². The first-order valence-electron chi connectivity index (χ1n) is 7.15. The number of nitrogens with one attached hydrogen (secondary N) is 1. The van der Waals surface area contributed by atoms with E-state index < -0.39 is 5.91 Å². The van der Waals surface area contributed by atoms with Crippen LogP contribution in [0.15, 0.2) is 24.3 Å². The minimum atomic E-state index is -0.590. The minimum absolute atomic E-state index is 0.157. The number of carbonyl (C=O) groups is 1. The second-order valence-electron chi connectivity index (χ2n) is 5.30. The first-order valence-corrected chi connectivity index (χ1v) is 7.15. The Morgan fingerprint density at radius 3 is 2.62 bits per heavy atom. The van der Waals surface area contributed by atoms with Gasteiger partial charge in [0.05, 0.1) is 12.7 Å². The molecule has 110 valence electrons. The Bertz CT molecular complexity index is 615. The number of carbonyl (C=O) groups excluding carboxylic acids is 1. The number of benzene rings is 1. The van der Waals surface area contributed by atoms with Crippen molar-refractivity contribution >= 4 is 5.91 Å². The van der Waals surface area contributed by atoms with Crippen LogP contribution in [-0.4, -0.2) is 27.4 Å². The van der Waals surface area contributed by atoms with Crippen molar-refractivity contribution in [2.24, 2.45) is 5.73 Å². The molecule has 6 heteroatoms. The SMILES string of the molecule is NC(=O)c1n[nH]nc1-c1ccc(COC2CCCC2)cc1. The molecule has 1 aliphatic rings. The number of hydrogen-bond donors (Lipinski definition) is 2. The molecule has 1 heterocycles. The van der Waals surface area contributed by atoms with Crippen molar-refractivity contribution in [1.29, 1.82) is 0 Å². The summed E-state index contributed by atoms with van der Waals surface area (Å²) in [5, 5.41) is 10.2. The third kappa shape index (κ3) is 3.11. The normalized spacial score (nSPS) is 15.4. The van der Waals surface area contributed by atoms with E-state index in [0.717, 1.165) is 11.1 Å². The summed E-state index contributed by atoms with van der Waals surface area (Å²) in [6.07, 6.45) is 5.27. The van der Waals surface area contributed by atoms with Gasteiger partial charge in [-0.05, 0) is 18.4 Å². The number of nitrogens with two attached hydrogens (primary N) is 1. The number of nitrogens with zero attached hydrogens (tertiary/aromatic N) is 2. The molecule has 0 aliphatic heterocycles. The van der Waals surface area contributed by atoms with E-state index in [4.69, 9.17) is 10.5 Å². The molecule has 1 aromatic carbocycles. The molecule has 0 radical (unpaired) electrons. The highest BCUT2D eigenvalue weighted by atomic mass is 16.5. The van der Waals surface area contributed by atoms with Crippen molar-refractivity contribution < 1.29 is 9.53 Å². The largest absolute Gasteiger partial charge is 0.374 e. The number of primary amides is 1. The van der Waals surface area contributed by atoms with Gasteiger partial charge in [0.25, 0.3) is 5.91 Å². The van der Waals surface area contributed by atoms with Gasteiger partial charge in [-0.3, -0.25) is 4.79 Å². The Balaban J connectivity index is 1.68. The summed E-state index contributed by atoms with van der Waals surface area (Å²) in [5.41, 5.74) is 7.81. The zero-order valence-corrected chi connectivity index (χ0v) is 11.7. The number of H-pyrrole nitrogens is 1. The van der Waals surface area contributed by atoms with Crippen molar-refractivity contribution in [3.63, 3.8) is 0 Å². The Hall–Kier alpha value is -2.21. The highest BCUT2D eigenvalue weighted by Crippen LogP contribution is 2.23. The Kier molecular flexibility index (Phi) is 3.96. The molecule has 3 rings (SSSR count). The minimum Gasteiger partial charge on any atom is -0.374 e. The summed E-state index contributed by atoms with van der Waals surface area (Å²) in [4.78, 5) is 11.3. The average molecular weight is 286 g/mol. The van der Waals surface area contributed by atoms with Crippen molar-refractivity contribution in [2.75, 3.05) is 0 Å². The standard InChI is InChI=1S/C15H18N4O2/c16-15(20)14-13(17-19-18-14)11-7-5-10(6-8-11)9-21-12-3-1-2-4-12/h5-8,12H,1-4,9H2,(H2,16,20)(H,17,18,19). The monoisotopic (exact) mass is 286 g/mol. The van der Waals surface area contributed by atoms with Gasteiger partial charge in [-0.25, -0.2) is 0 Å². The van der Waals surface area contributed by atoms with Crippen LogP contribution in [0.4, 0.5) is 0 Å². The lowest BCUT2D eigenvalue weighted by molar-refractivity contribution is 0.0457. The van der Waals surface area contributed by atoms with E-state index in [1.165, 1.54) is 25.7 Å². The van der Waals surface area contributed by atoms with E-state index in [9.17, 15) is 4.79 Å². The molecule has 1 aliphatic carbocycles. The molecule has 21 heavy (non-hydrogen) atoms. The Morgan fingerprint density at radius 2 is 1.95 bits per heavy atom. The van der Waals surface area contributed by atoms with Gasteiger partial charge in [0.15, 0.2) is 5.69 Å². The molecule has 1 fully saturated rings. The van der Waals surface area contributed by atoms with Crippen molar-refractivity contribution in [3.05, 3.63) is 35.5 Å². The van der Waals surface area contributed by atoms with E-state index >= 15 is 0 Å². The van der Waals surface area contributed by atoms with Crippen LogP contribution in [-0.2, 0) is 11.3 Å². The first kappa shape index (κ1) is 13.8. The number of amides is 1. The maximum atomic E-state index is 11.3. The summed E-state index contributed by atoms with van der Waals surface area (Å²) in [6, 6.07) is 7.75. The fourth-order valence-electron chi connectivity index (χ4n) is 2.63. The van der Waals surface area contributed by atoms with Gasteiger partial charge in [0.1, 0.15) is 5.69 Å². The molecular weight excluding hydrogens is 268 g/mol. The fraction of sp³-hybridized carbons (Fsp3) is 0.400. The molecule has 1 saturated carbocycles. The topological polar surface area (TPSA) is 93.9 Å². The lowest BCUT2D eigenvalue weighted by atomic mass is 10.1. The second kappa shape index (κ2) is 6.05. The van der Waals surface area contributed by atoms with E-state index in [1.807, 2.05) is 24.3 Å². The van der Waals surface area contributed by atoms with Crippen LogP contribution in [0.2, 0.25) is 0 Å². The van der Waals surface area contributed by atoms with E-state index in [2.05, 4.69) is 15.4 Å². The average Bonchev–Trinajstić information content (AvgIpc) is 3.17. The predicted molar refractivity (Wildman–Crippen MR) is 77.4 cm³/mol. The molecule has 0 atom stereocenters. The lowest BCUT2D eigenvalue weighted by Crippen LogP contribution is -2.12. The van der Waals surface area contributed by atoms with Gasteiger partial charge in [-0.1, -0.05) is 37.1 Å². The molecular formula is C15H18N4O2. The molecule has 0 unspecified atom stereocenters. The first-order chi connectivity index (χ1) is 10.2. The molecule has 0 bridgehead atoms. The third-order valence-corrected chi connectivity index (χ3v) is 3.80. The molecule has 1 amide bonds. The maximum absolute atomic E-state index is 11.3. The summed E-state index contributed by atoms with van der Waals surface area (Å²) < 4.78 is 5.87. The van der Waals surface area contributed by atoms with Crippen molar-refractivity contribution in [3.8, 4) is 11.3 Å². The number of hydrogen-bond acceptors (Lipinski definition) is 4. The molecule has 0 saturated heterocycles. The van der Waals surface area contributed by atoms with Crippen LogP contribution < -0.4 is 5.73 Å². The lowest BCUT2D eigenvalue weighted by Gasteiger charge is -2.11. The second-order valence-corrected chi connectivity index (χ2v) is 5.30. The van der Waals surface area contributed by atoms with E-state index in [-0.39, 0.29) is 5.69 Å². The smallest absolute Gasteiger partial charge is 0.271 e. The zero-order valence-electron chi connectivity index (χ0n) is 11.7. The summed E-state index contributed by atoms with van der Waals surface area (Å²) in [5.74, 6) is -0.590. The van der Waals surface area contributed by atoms with E-state index in [0.29, 0.717) is 18.4 Å². The van der Waals surface area contributed by atoms with Crippen LogP contribution in [0, 0.1) is 0 Å². The predicted octanol–water partition coefficient (Wildman–Crippen LogP) is 2.03. The van der Waals surface area contributed by atoms with Crippen LogP contribution >= 0.6 is 0 Å². The van der Waals surface area contributed by atoms with Gasteiger partial charge in [-0.2, -0.15) is 15.4 Å². The Labute approximate surface area is 122 Å². The number of aromatic nitrogens is 3. The summed E-state index contributed by atoms with van der Waals surface area (Å²) in [7, 11) is 0. The number of rotatable bonds is 5. The van der Waals surface area contributed by atoms with Crippen molar-refractivity contribution in [1.82, 2.24) is 15.4 Å². The number of aromatic amines is 1. The van der Waals surface area contributed by atoms with Crippen molar-refractivity contribution in [2.45, 2.75) is 38.4 Å². The highest BCUT2D eigenvalue weighted by Gasteiger charge is 2.16. The molecule has 3 N–H and O–H groups in total. The fourth-order valence-corrected chi connectivity index (χ4v) is 2.63. The van der Waals surface area contributed by atoms with Gasteiger partial charge in [0, 0.05) is 5.56 Å². The van der Waals surface area contributed by atoms with Crippen LogP contribution in [0.5, 0.6) is 0 Å². The molecule has 6 nitrogen and oxygen atoms in total. The summed E-state index contributed by atoms with van der Waals surface area (Å²) in [6.45, 7) is 0.617. The molecule has 2 aromatic rings. The Morgan fingerprint density at radius 1 is 1.24 bits per heavy atom. The van der Waals surface area contributed by atoms with Gasteiger partial charge in [-0.15, -0.1) is 0 Å². The zero-order chi connectivity index (χ0) is 14.7. The van der Waals surface area contributed by atoms with Crippen LogP contribution in [0.1, 0.15) is 41.7 Å². The highest BCUT2D eigenvalue weighted by molar-refractivity contribution is 5.96. The van der Waals surface area contributed by atoms with Gasteiger partial charge in [0.2, 0.25) is 0 Å². The summed E-state index contributed by atoms with van der Waals surface area (Å²) >= 11 is 0. The maximum Gasteiger partial charge on any atom is 0.271 e. The third-order valence-electron chi connectivity index (χ3n) is 3.80. The number of ether oxygens (including phenoxy) is 1. The quantitative estimate of drug-likeness (QED) is 0.879. The molecule has 1 aromatic heterocycles.